The maximum absolute atomic E-state index is 5.93. The summed E-state index contributed by atoms with van der Waals surface area (Å²) in [4.78, 5) is 0. The molecule has 0 aromatic heterocycles. The van der Waals surface area contributed by atoms with Crippen LogP contribution in [0.1, 0.15) is 31.9 Å². The molecule has 0 aliphatic rings. The molecule has 0 unspecified atom stereocenters. The molecule has 2 aromatic carbocycles. The highest BCUT2D eigenvalue weighted by molar-refractivity contribution is 7.42. The van der Waals surface area contributed by atoms with Gasteiger partial charge in [0.1, 0.15) is 11.5 Å². The van der Waals surface area contributed by atoms with Crippen molar-refractivity contribution in [1.82, 2.24) is 0 Å². The van der Waals surface area contributed by atoms with Crippen LogP contribution in [0.25, 0.3) is 0 Å². The highest BCUT2D eigenvalue weighted by atomic mass is 35.5. The normalized spacial score (nSPS) is 11.0. The monoisotopic (exact) mass is 354 g/mol. The minimum absolute atomic E-state index is 0. The summed E-state index contributed by atoms with van der Waals surface area (Å²) in [5, 5.41) is 0. The van der Waals surface area contributed by atoms with Gasteiger partial charge in [-0.25, -0.2) is 0 Å². The molecule has 0 spiro atoms. The van der Waals surface area contributed by atoms with Gasteiger partial charge >= 0.3 is 8.60 Å². The second kappa shape index (κ2) is 8.54. The van der Waals surface area contributed by atoms with Gasteiger partial charge in [0, 0.05) is 0 Å². The SMILES string of the molecule is Cc1ccc(OP(Oc2ccc(C)cc2)OC(C)(C)C)cc1.Cl. The topological polar surface area (TPSA) is 27.7 Å². The van der Waals surface area contributed by atoms with Gasteiger partial charge in [0.25, 0.3) is 0 Å². The standard InChI is InChI=1S/C18H23O3P.ClH/c1-14-6-10-16(11-7-14)19-22(21-18(3,4)5)20-17-12-8-15(2)9-13-17;/h6-13H,1-5H3;1H. The van der Waals surface area contributed by atoms with Crippen molar-refractivity contribution < 1.29 is 13.6 Å². The van der Waals surface area contributed by atoms with Gasteiger partial charge in [-0.3, -0.25) is 4.52 Å². The van der Waals surface area contributed by atoms with E-state index in [1.807, 2.05) is 83.1 Å². The molecular formula is C18H24ClO3P. The second-order valence-electron chi connectivity index (χ2n) is 6.24. The number of hydrogen-bond acceptors (Lipinski definition) is 3. The Hall–Kier alpha value is -1.28. The van der Waals surface area contributed by atoms with E-state index in [1.54, 1.807) is 0 Å². The molecule has 0 amide bonds. The van der Waals surface area contributed by atoms with Gasteiger partial charge in [-0.1, -0.05) is 35.4 Å². The number of rotatable bonds is 5. The summed E-state index contributed by atoms with van der Waals surface area (Å²) in [5.74, 6) is 1.49. The number of halogens is 1. The molecule has 126 valence electrons. The van der Waals surface area contributed by atoms with Crippen molar-refractivity contribution in [3.8, 4) is 11.5 Å². The molecule has 5 heteroatoms. The van der Waals surface area contributed by atoms with Gasteiger partial charge < -0.3 is 9.05 Å². The lowest BCUT2D eigenvalue weighted by Gasteiger charge is -2.25. The van der Waals surface area contributed by atoms with Crippen LogP contribution in [0.2, 0.25) is 0 Å². The Morgan fingerprint density at radius 2 is 1.04 bits per heavy atom. The molecule has 3 nitrogen and oxygen atoms in total. The quantitative estimate of drug-likeness (QED) is 0.596. The molecule has 0 fully saturated rings. The third-order valence-corrected chi connectivity index (χ3v) is 4.17. The summed E-state index contributed by atoms with van der Waals surface area (Å²) >= 11 is 0. The predicted octanol–water partition coefficient (Wildman–Crippen LogP) is 6.23. The maximum atomic E-state index is 5.93. The van der Waals surface area contributed by atoms with E-state index in [2.05, 4.69) is 0 Å². The Morgan fingerprint density at radius 1 is 0.696 bits per heavy atom. The van der Waals surface area contributed by atoms with Gasteiger partial charge in [0.15, 0.2) is 0 Å². The van der Waals surface area contributed by atoms with Crippen LogP contribution in [-0.2, 0) is 4.52 Å². The molecule has 0 saturated carbocycles. The van der Waals surface area contributed by atoms with Crippen LogP contribution >= 0.6 is 21.0 Å². The Bertz CT molecular complexity index is 544. The van der Waals surface area contributed by atoms with Crippen molar-refractivity contribution >= 4 is 21.0 Å². The average Bonchev–Trinajstić information content (AvgIpc) is 2.42. The highest BCUT2D eigenvalue weighted by Crippen LogP contribution is 2.44. The average molecular weight is 355 g/mol. The Labute approximate surface area is 146 Å². The van der Waals surface area contributed by atoms with Crippen molar-refractivity contribution in [2.24, 2.45) is 0 Å². The molecule has 0 aliphatic heterocycles. The Kier molecular flexibility index (Phi) is 7.34. The van der Waals surface area contributed by atoms with E-state index in [9.17, 15) is 0 Å². The molecule has 0 atom stereocenters. The zero-order valence-corrected chi connectivity index (χ0v) is 15.9. The molecule has 23 heavy (non-hydrogen) atoms. The van der Waals surface area contributed by atoms with E-state index < -0.39 is 8.60 Å². The van der Waals surface area contributed by atoms with E-state index in [-0.39, 0.29) is 18.0 Å². The summed E-state index contributed by atoms with van der Waals surface area (Å²) < 4.78 is 17.7. The van der Waals surface area contributed by atoms with E-state index in [0.29, 0.717) is 0 Å². The van der Waals surface area contributed by atoms with Crippen LogP contribution < -0.4 is 9.05 Å². The molecule has 2 aromatic rings. The van der Waals surface area contributed by atoms with Crippen LogP contribution in [0.3, 0.4) is 0 Å². The van der Waals surface area contributed by atoms with Gasteiger partial charge in [-0.05, 0) is 58.9 Å². The molecule has 2 rings (SSSR count). The van der Waals surface area contributed by atoms with E-state index in [4.69, 9.17) is 13.6 Å². The van der Waals surface area contributed by atoms with E-state index >= 15 is 0 Å². The summed E-state index contributed by atoms with van der Waals surface area (Å²) in [6.07, 6.45) is 0. The highest BCUT2D eigenvalue weighted by Gasteiger charge is 2.25. The maximum Gasteiger partial charge on any atom is 0.463 e. The van der Waals surface area contributed by atoms with Crippen molar-refractivity contribution in [2.45, 2.75) is 40.2 Å². The van der Waals surface area contributed by atoms with Crippen LogP contribution in [-0.4, -0.2) is 5.60 Å². The molecule has 0 aliphatic carbocycles. The molecule has 0 N–H and O–H groups in total. The molecule has 0 radical (unpaired) electrons. The molecule has 0 bridgehead atoms. The van der Waals surface area contributed by atoms with Crippen LogP contribution in [0.4, 0.5) is 0 Å². The first kappa shape index (κ1) is 19.8. The zero-order chi connectivity index (χ0) is 16.2. The first-order chi connectivity index (χ1) is 10.3. The fourth-order valence-electron chi connectivity index (χ4n) is 1.65. The van der Waals surface area contributed by atoms with E-state index in [1.165, 1.54) is 11.1 Å². The lowest BCUT2D eigenvalue weighted by atomic mass is 10.2. The van der Waals surface area contributed by atoms with Gasteiger partial charge in [0.2, 0.25) is 0 Å². The number of hydrogen-bond donors (Lipinski definition) is 0. The Morgan fingerprint density at radius 3 is 1.35 bits per heavy atom. The van der Waals surface area contributed by atoms with Crippen molar-refractivity contribution in [1.29, 1.82) is 0 Å². The van der Waals surface area contributed by atoms with Crippen molar-refractivity contribution in [3.05, 3.63) is 59.7 Å². The summed E-state index contributed by atoms with van der Waals surface area (Å²) in [5.41, 5.74) is 2.03. The summed E-state index contributed by atoms with van der Waals surface area (Å²) in [6.45, 7) is 10.0. The largest absolute Gasteiger partial charge is 0.463 e. The van der Waals surface area contributed by atoms with Crippen LogP contribution in [0.5, 0.6) is 11.5 Å². The predicted molar refractivity (Wildman–Crippen MR) is 98.6 cm³/mol. The van der Waals surface area contributed by atoms with Gasteiger partial charge in [0.05, 0.1) is 5.60 Å². The number of aryl methyl sites for hydroxylation is 2. The zero-order valence-electron chi connectivity index (χ0n) is 14.2. The molecule has 0 heterocycles. The first-order valence-corrected chi connectivity index (χ1v) is 8.40. The van der Waals surface area contributed by atoms with Crippen LogP contribution in [0.15, 0.2) is 48.5 Å². The lowest BCUT2D eigenvalue weighted by Crippen LogP contribution is -2.18. The Balaban J connectivity index is 0.00000264. The molecular weight excluding hydrogens is 331 g/mol. The minimum Gasteiger partial charge on any atom is -0.418 e. The number of benzene rings is 2. The summed E-state index contributed by atoms with van der Waals surface area (Å²) in [6, 6.07) is 15.7. The lowest BCUT2D eigenvalue weighted by molar-refractivity contribution is 0.115. The van der Waals surface area contributed by atoms with E-state index in [0.717, 1.165) is 11.5 Å². The van der Waals surface area contributed by atoms with Crippen molar-refractivity contribution in [3.63, 3.8) is 0 Å². The minimum atomic E-state index is -1.52. The van der Waals surface area contributed by atoms with Crippen LogP contribution in [0, 0.1) is 13.8 Å². The summed E-state index contributed by atoms with van der Waals surface area (Å²) in [7, 11) is -1.52. The molecule has 0 saturated heterocycles. The third kappa shape index (κ3) is 7.22. The van der Waals surface area contributed by atoms with Crippen molar-refractivity contribution in [2.75, 3.05) is 0 Å². The fourth-order valence-corrected chi connectivity index (χ4v) is 2.80. The van der Waals surface area contributed by atoms with Gasteiger partial charge in [-0.2, -0.15) is 0 Å². The fraction of sp³-hybridized carbons (Fsp3) is 0.333. The first-order valence-electron chi connectivity index (χ1n) is 7.30. The third-order valence-electron chi connectivity index (χ3n) is 2.75. The smallest absolute Gasteiger partial charge is 0.418 e. The van der Waals surface area contributed by atoms with Gasteiger partial charge in [-0.15, -0.1) is 12.4 Å². The second-order valence-corrected chi connectivity index (χ2v) is 7.23.